The zero-order chi connectivity index (χ0) is 49.9. The van der Waals surface area contributed by atoms with Gasteiger partial charge in [0.25, 0.3) is 11.8 Å². The number of phenols is 1. The molecule has 0 bridgehead atoms. The first-order valence-electron chi connectivity index (χ1n) is 22.2. The van der Waals surface area contributed by atoms with E-state index < -0.39 is 108 Å². The number of aliphatic hydroxyl groups excluding tert-OH is 5. The molecule has 2 aromatic carbocycles. The van der Waals surface area contributed by atoms with E-state index in [4.69, 9.17) is 31.4 Å². The third-order valence-corrected chi connectivity index (χ3v) is 13.1. The monoisotopic (exact) mass is 958 g/mol. The van der Waals surface area contributed by atoms with Crippen molar-refractivity contribution in [3.05, 3.63) is 111 Å². The summed E-state index contributed by atoms with van der Waals surface area (Å²) < 4.78 is 17.7. The number of ketones is 2. The second kappa shape index (κ2) is 20.9. The number of imide groups is 1. The van der Waals surface area contributed by atoms with E-state index in [0.29, 0.717) is 24.0 Å². The van der Waals surface area contributed by atoms with Crippen LogP contribution >= 0.6 is 0 Å². The number of methoxy groups -OCH3 is 1. The second-order valence-electron chi connectivity index (χ2n) is 17.3. The number of phenolic OH excluding ortho intramolecular Hbond substituents is 1. The summed E-state index contributed by atoms with van der Waals surface area (Å²) in [6, 6.07) is 2.63. The first-order valence-corrected chi connectivity index (χ1v) is 22.2. The number of fused-ring (bicyclic) bond motifs is 2. The molecule has 0 saturated carbocycles. The average Bonchev–Trinajstić information content (AvgIpc) is 3.66. The van der Waals surface area contributed by atoms with Gasteiger partial charge in [-0.3, -0.25) is 29.1 Å². The highest BCUT2D eigenvalue weighted by atomic mass is 16.7. The molecule has 0 spiro atoms. The van der Waals surface area contributed by atoms with Crippen LogP contribution in [0.1, 0.15) is 67.8 Å². The van der Waals surface area contributed by atoms with Crippen LogP contribution in [0.3, 0.4) is 0 Å². The lowest BCUT2D eigenvalue weighted by atomic mass is 9.75. The number of nitrogens with two attached hydrogens (primary N) is 3. The number of hydrogen-bond donors (Lipinski definition) is 13. The summed E-state index contributed by atoms with van der Waals surface area (Å²) in [7, 11) is 2.68. The van der Waals surface area contributed by atoms with Crippen molar-refractivity contribution in [1.29, 1.82) is 0 Å². The van der Waals surface area contributed by atoms with Crippen LogP contribution in [0.15, 0.2) is 76.7 Å². The third kappa shape index (κ3) is 9.83. The highest BCUT2D eigenvalue weighted by molar-refractivity contribution is 6.31. The number of rotatable bonds is 18. The molecule has 4 heterocycles. The summed E-state index contributed by atoms with van der Waals surface area (Å²) in [4.78, 5) is 60.1. The second-order valence-corrected chi connectivity index (χ2v) is 17.3. The van der Waals surface area contributed by atoms with E-state index >= 15 is 0 Å². The molecule has 1 aliphatic carbocycles. The molecular formula is C47H58N8O14. The molecule has 5 aliphatic rings. The van der Waals surface area contributed by atoms with Crippen LogP contribution in [0.5, 0.6) is 17.2 Å². The molecule has 16 N–H and O–H groups in total. The maximum absolute atomic E-state index is 15.0. The van der Waals surface area contributed by atoms with Crippen LogP contribution in [-0.2, 0) is 33.9 Å². The Kier molecular flexibility index (Phi) is 15.2. The van der Waals surface area contributed by atoms with Gasteiger partial charge in [0.05, 0.1) is 43.4 Å². The number of aromatic hydroxyl groups is 1. The van der Waals surface area contributed by atoms with Crippen LogP contribution in [0.4, 0.5) is 0 Å². The van der Waals surface area contributed by atoms with E-state index in [0.717, 1.165) is 28.7 Å². The smallest absolute Gasteiger partial charge is 0.253 e. The number of aliphatic imine (C=N–C) groups is 1. The minimum absolute atomic E-state index is 0.00459. The summed E-state index contributed by atoms with van der Waals surface area (Å²) in [5, 5.41) is 88.0. The molecule has 1 unspecified atom stereocenters. The minimum atomic E-state index is -2.49. The topological polar surface area (TPSA) is 367 Å². The van der Waals surface area contributed by atoms with E-state index in [1.807, 2.05) is 6.08 Å². The summed E-state index contributed by atoms with van der Waals surface area (Å²) in [6.07, 6.45) is 2.92. The van der Waals surface area contributed by atoms with E-state index in [1.165, 1.54) is 26.3 Å². The van der Waals surface area contributed by atoms with Gasteiger partial charge < -0.3 is 83.1 Å². The van der Waals surface area contributed by atoms with Gasteiger partial charge in [0, 0.05) is 85.9 Å². The maximum atomic E-state index is 15.0. The molecule has 69 heavy (non-hydrogen) atoms. The number of ether oxygens (including phenoxy) is 3. The van der Waals surface area contributed by atoms with E-state index in [2.05, 4.69) is 20.9 Å². The molecule has 0 aromatic heterocycles. The quantitative estimate of drug-likeness (QED) is 0.0365. The predicted octanol–water partition coefficient (Wildman–Crippen LogP) is -2.23. The first-order chi connectivity index (χ1) is 33.0. The van der Waals surface area contributed by atoms with Crippen molar-refractivity contribution in [2.45, 2.75) is 75.2 Å². The number of nitrogens with one attached hydrogen (secondary N) is 3. The van der Waals surface area contributed by atoms with Gasteiger partial charge in [-0.15, -0.1) is 0 Å². The Hall–Kier alpha value is -6.63. The van der Waals surface area contributed by atoms with Gasteiger partial charge in [0.2, 0.25) is 12.1 Å². The highest BCUT2D eigenvalue weighted by Crippen LogP contribution is 2.46. The molecule has 1 fully saturated rings. The normalized spacial score (nSPS) is 25.2. The summed E-state index contributed by atoms with van der Waals surface area (Å²) in [5.41, 5.74) is 15.9. The molecule has 2 amide bonds. The fourth-order valence-electron chi connectivity index (χ4n) is 9.45. The van der Waals surface area contributed by atoms with Crippen LogP contribution in [0, 0.1) is 11.8 Å². The van der Waals surface area contributed by atoms with E-state index in [-0.39, 0.29) is 78.4 Å². The van der Waals surface area contributed by atoms with Gasteiger partial charge in [-0.25, -0.2) is 0 Å². The van der Waals surface area contributed by atoms with Crippen molar-refractivity contribution in [1.82, 2.24) is 20.9 Å². The Bertz CT molecular complexity index is 2550. The zero-order valence-electron chi connectivity index (χ0n) is 37.9. The van der Waals surface area contributed by atoms with Gasteiger partial charge in [-0.05, 0) is 66.5 Å². The molecule has 22 nitrogen and oxygen atoms in total. The lowest BCUT2D eigenvalue weighted by Gasteiger charge is -2.49. The van der Waals surface area contributed by atoms with Gasteiger partial charge in [0.1, 0.15) is 41.2 Å². The number of allylic oxidation sites excluding steroid dienone is 3. The fourth-order valence-corrected chi connectivity index (χ4v) is 9.45. The van der Waals surface area contributed by atoms with Crippen LogP contribution in [0.2, 0.25) is 0 Å². The highest BCUT2D eigenvalue weighted by Gasteiger charge is 2.57. The summed E-state index contributed by atoms with van der Waals surface area (Å²) in [6.45, 7) is -2.08. The largest absolute Gasteiger partial charge is 0.507 e. The molecule has 7 rings (SSSR count). The molecule has 0 radical (unpaired) electrons. The number of amides is 2. The Morgan fingerprint density at radius 1 is 1.01 bits per heavy atom. The van der Waals surface area contributed by atoms with Crippen molar-refractivity contribution in [2.24, 2.45) is 34.0 Å². The van der Waals surface area contributed by atoms with Crippen LogP contribution < -0.4 is 42.6 Å². The van der Waals surface area contributed by atoms with Crippen molar-refractivity contribution in [3.8, 4) is 17.2 Å². The molecule has 2 aromatic rings. The van der Waals surface area contributed by atoms with Crippen molar-refractivity contribution >= 4 is 29.3 Å². The predicted molar refractivity (Wildman–Crippen MR) is 246 cm³/mol. The third-order valence-electron chi connectivity index (χ3n) is 13.1. The average molecular weight is 959 g/mol. The molecule has 4 aliphatic heterocycles. The number of hydrogen-bond acceptors (Lipinski definition) is 19. The van der Waals surface area contributed by atoms with Crippen LogP contribution in [-0.4, -0.2) is 147 Å². The number of dihydropyridines is 2. The number of guanidine groups is 1. The minimum Gasteiger partial charge on any atom is -0.507 e. The molecule has 370 valence electrons. The fraction of sp³-hybridized carbons (Fsp3) is 0.426. The van der Waals surface area contributed by atoms with Gasteiger partial charge >= 0.3 is 0 Å². The van der Waals surface area contributed by atoms with Crippen molar-refractivity contribution < 1.29 is 69.1 Å². The standard InChI is InChI=1S/C47H58N8O14/c1-51-46(50)54-18-28-25(12-22(4-3-11-56)24-5-6-33(48)53-17-24)13-27-38(41(28)62)42(63)39-31(15-30(67-2)29(20-57)37(39)40(27)61)68-45-43(64)44(65)47(66,32(21-58)69-45)16-26(23-9-10-52-34(49)14-23)19-55-35(59)7-8-36(55)60/h5-9,13-15,17,22,26,32-33,43-45,52-53,56-58,62,64-66H,3-4,10-12,16,18-21,48-49H2,1-2H3,(H3,50,51,54)/t22-,26+,32+,33?,43+,44+,45+,47+/m0/s1. The lowest BCUT2D eigenvalue weighted by Crippen LogP contribution is -2.68. The molecule has 1 saturated heterocycles. The Morgan fingerprint density at radius 2 is 1.75 bits per heavy atom. The zero-order valence-corrected chi connectivity index (χ0v) is 37.9. The Morgan fingerprint density at radius 3 is 2.38 bits per heavy atom. The van der Waals surface area contributed by atoms with Gasteiger partial charge in [-0.1, -0.05) is 12.2 Å². The Labute approximate surface area is 396 Å². The number of nitrogens with zero attached hydrogens (tertiary/aromatic N) is 2. The number of aliphatic hydroxyl groups is 6. The van der Waals surface area contributed by atoms with Crippen molar-refractivity contribution in [2.75, 3.05) is 40.5 Å². The molecule has 22 heteroatoms. The summed E-state index contributed by atoms with van der Waals surface area (Å²) >= 11 is 0. The maximum Gasteiger partial charge on any atom is 0.253 e. The van der Waals surface area contributed by atoms with Crippen molar-refractivity contribution in [3.63, 3.8) is 0 Å². The van der Waals surface area contributed by atoms with E-state index in [9.17, 15) is 54.9 Å². The number of carbonyl (C=O) groups excluding carboxylic acids is 4. The van der Waals surface area contributed by atoms with Crippen LogP contribution in [0.25, 0.3) is 0 Å². The lowest BCUT2D eigenvalue weighted by molar-refractivity contribution is -0.316. The molecule has 8 atom stereocenters. The van der Waals surface area contributed by atoms with Gasteiger partial charge in [-0.2, -0.15) is 0 Å². The Balaban J connectivity index is 1.27. The summed E-state index contributed by atoms with van der Waals surface area (Å²) in [5.74, 6) is -5.14. The SMILES string of the molecule is CN=C(N)NCc1c(C[C@H](CCCO)C2=CNC(N)C=C2)cc2c(c1O)C(=O)c1c(O[C@@H]3O[C@H](CO)[C@](O)(C[C@H](CN4C(=O)C=CC4=O)C4=CCNC(N)=C4)[C@H](O)[C@H]3O)cc(OC)c(CO)c1C2=O. The number of benzene rings is 2. The van der Waals surface area contributed by atoms with E-state index in [1.54, 1.807) is 18.4 Å². The number of carbonyl (C=O) groups is 4. The van der Waals surface area contributed by atoms with Gasteiger partial charge in [0.15, 0.2) is 11.7 Å². The molecular weight excluding hydrogens is 901 g/mol. The first kappa shape index (κ1) is 50.3.